The largest absolute Gasteiger partial charge is 0.477 e. The molecule has 0 unspecified atom stereocenters. The number of hydrogen-bond acceptors (Lipinski definition) is 5. The molecule has 0 bridgehead atoms. The van der Waals surface area contributed by atoms with Gasteiger partial charge >= 0.3 is 5.97 Å². The second-order valence-corrected chi connectivity index (χ2v) is 7.81. The smallest absolute Gasteiger partial charge is 0.345 e. The molecule has 0 aliphatic rings. The first-order chi connectivity index (χ1) is 9.20. The molecule has 0 radical (unpaired) electrons. The van der Waals surface area contributed by atoms with Gasteiger partial charge in [0.05, 0.1) is 16.9 Å². The Balaban J connectivity index is 3.22. The van der Waals surface area contributed by atoms with Gasteiger partial charge in [-0.05, 0) is 22.0 Å². The van der Waals surface area contributed by atoms with E-state index in [9.17, 15) is 22.0 Å². The SMILES string of the molecule is O=C(O)c1cc(S(=O)(=O)N(CCO)CC(F)F)c(Br)s1. The number of sulfonamides is 1. The van der Waals surface area contributed by atoms with Crippen molar-refractivity contribution in [3.8, 4) is 0 Å². The van der Waals surface area contributed by atoms with E-state index < -0.39 is 47.0 Å². The molecule has 0 aliphatic carbocycles. The van der Waals surface area contributed by atoms with Gasteiger partial charge in [-0.15, -0.1) is 11.3 Å². The van der Waals surface area contributed by atoms with Gasteiger partial charge in [0.15, 0.2) is 0 Å². The summed E-state index contributed by atoms with van der Waals surface area (Å²) in [6.45, 7) is -2.20. The minimum absolute atomic E-state index is 0.00658. The minimum atomic E-state index is -4.31. The molecule has 1 rings (SSSR count). The molecule has 11 heteroatoms. The molecular weight excluding hydrogens is 384 g/mol. The Labute approximate surface area is 125 Å². The van der Waals surface area contributed by atoms with Crippen LogP contribution in [0.25, 0.3) is 0 Å². The van der Waals surface area contributed by atoms with Crippen LogP contribution in [-0.4, -0.2) is 55.0 Å². The van der Waals surface area contributed by atoms with Crippen molar-refractivity contribution in [2.45, 2.75) is 11.3 Å². The highest BCUT2D eigenvalue weighted by Gasteiger charge is 2.31. The molecule has 20 heavy (non-hydrogen) atoms. The van der Waals surface area contributed by atoms with E-state index in [0.29, 0.717) is 15.6 Å². The number of thiophene rings is 1. The highest BCUT2D eigenvalue weighted by Crippen LogP contribution is 2.33. The van der Waals surface area contributed by atoms with Gasteiger partial charge in [0.1, 0.15) is 9.77 Å². The molecule has 0 amide bonds. The number of aliphatic hydroxyl groups excluding tert-OH is 1. The summed E-state index contributed by atoms with van der Waals surface area (Å²) in [4.78, 5) is 10.1. The van der Waals surface area contributed by atoms with Crippen LogP contribution in [0.5, 0.6) is 0 Å². The lowest BCUT2D eigenvalue weighted by atomic mass is 10.5. The Kier molecular flexibility index (Phi) is 6.01. The summed E-state index contributed by atoms with van der Waals surface area (Å²) >= 11 is 3.57. The fourth-order valence-corrected chi connectivity index (χ4v) is 5.11. The van der Waals surface area contributed by atoms with Gasteiger partial charge in [0.2, 0.25) is 10.0 Å². The zero-order valence-corrected chi connectivity index (χ0v) is 13.0. The number of nitrogens with zero attached hydrogens (tertiary/aromatic N) is 1. The van der Waals surface area contributed by atoms with Crippen LogP contribution < -0.4 is 0 Å². The normalized spacial score (nSPS) is 12.3. The molecular formula is C9H10BrF2NO5S2. The van der Waals surface area contributed by atoms with Gasteiger partial charge in [0, 0.05) is 6.54 Å². The van der Waals surface area contributed by atoms with Crippen molar-refractivity contribution in [3.63, 3.8) is 0 Å². The summed E-state index contributed by atoms with van der Waals surface area (Å²) in [6, 6.07) is 0.891. The van der Waals surface area contributed by atoms with Crippen LogP contribution in [0.2, 0.25) is 0 Å². The molecule has 0 spiro atoms. The summed E-state index contributed by atoms with van der Waals surface area (Å²) in [5, 5.41) is 17.6. The number of carboxylic acid groups (broad SMARTS) is 1. The van der Waals surface area contributed by atoms with Gasteiger partial charge in [-0.25, -0.2) is 22.0 Å². The van der Waals surface area contributed by atoms with Crippen molar-refractivity contribution in [3.05, 3.63) is 14.7 Å². The van der Waals surface area contributed by atoms with E-state index in [4.69, 9.17) is 10.2 Å². The van der Waals surface area contributed by atoms with E-state index in [-0.39, 0.29) is 8.66 Å². The van der Waals surface area contributed by atoms with Crippen LogP contribution >= 0.6 is 27.3 Å². The lowest BCUT2D eigenvalue weighted by Crippen LogP contribution is -2.37. The average Bonchev–Trinajstić information content (AvgIpc) is 2.71. The molecule has 1 aromatic rings. The number of rotatable bonds is 7. The van der Waals surface area contributed by atoms with Crippen molar-refractivity contribution in [2.75, 3.05) is 19.7 Å². The molecule has 0 fully saturated rings. The maximum absolute atomic E-state index is 12.4. The second-order valence-electron chi connectivity index (χ2n) is 3.53. The number of carboxylic acids is 1. The molecule has 0 aliphatic heterocycles. The van der Waals surface area contributed by atoms with Crippen LogP contribution in [0.4, 0.5) is 8.78 Å². The molecule has 1 aromatic heterocycles. The van der Waals surface area contributed by atoms with Crippen LogP contribution in [0.3, 0.4) is 0 Å². The number of hydrogen-bond donors (Lipinski definition) is 2. The Morgan fingerprint density at radius 3 is 2.50 bits per heavy atom. The van der Waals surface area contributed by atoms with Crippen LogP contribution in [0.1, 0.15) is 9.67 Å². The summed E-state index contributed by atoms with van der Waals surface area (Å²) in [6.07, 6.45) is -2.91. The first-order valence-electron chi connectivity index (χ1n) is 5.12. The van der Waals surface area contributed by atoms with Crippen LogP contribution in [0.15, 0.2) is 14.7 Å². The first-order valence-corrected chi connectivity index (χ1v) is 8.17. The molecule has 114 valence electrons. The van der Waals surface area contributed by atoms with Gasteiger partial charge in [-0.3, -0.25) is 0 Å². The fourth-order valence-electron chi connectivity index (χ4n) is 1.35. The van der Waals surface area contributed by atoms with Gasteiger partial charge in [-0.2, -0.15) is 4.31 Å². The number of halogens is 3. The third kappa shape index (κ3) is 3.95. The molecule has 6 nitrogen and oxygen atoms in total. The van der Waals surface area contributed by atoms with E-state index in [1.807, 2.05) is 0 Å². The van der Waals surface area contributed by atoms with Gasteiger partial charge < -0.3 is 10.2 Å². The summed E-state index contributed by atoms with van der Waals surface area (Å²) in [5.74, 6) is -1.32. The molecule has 0 saturated heterocycles. The van der Waals surface area contributed by atoms with Gasteiger partial charge in [-0.1, -0.05) is 0 Å². The van der Waals surface area contributed by atoms with Crippen LogP contribution in [0, 0.1) is 0 Å². The predicted molar refractivity (Wildman–Crippen MR) is 70.8 cm³/mol. The number of carbonyl (C=O) groups is 1. The van der Waals surface area contributed by atoms with Crippen molar-refractivity contribution >= 4 is 43.3 Å². The first kappa shape index (κ1) is 17.4. The Bertz CT molecular complexity index is 589. The molecule has 0 saturated carbocycles. The number of aliphatic hydroxyl groups is 1. The summed E-state index contributed by atoms with van der Waals surface area (Å²) < 4.78 is 49.6. The topological polar surface area (TPSA) is 94.9 Å². The number of alkyl halides is 2. The third-order valence-electron chi connectivity index (χ3n) is 2.18. The maximum atomic E-state index is 12.4. The second kappa shape index (κ2) is 6.89. The van der Waals surface area contributed by atoms with Crippen LogP contribution in [-0.2, 0) is 10.0 Å². The van der Waals surface area contributed by atoms with Crippen molar-refractivity contribution in [2.24, 2.45) is 0 Å². The monoisotopic (exact) mass is 393 g/mol. The van der Waals surface area contributed by atoms with E-state index in [1.54, 1.807) is 0 Å². The fraction of sp³-hybridized carbons (Fsp3) is 0.444. The lowest BCUT2D eigenvalue weighted by molar-refractivity contribution is 0.0702. The Morgan fingerprint density at radius 2 is 2.10 bits per heavy atom. The van der Waals surface area contributed by atoms with E-state index in [1.165, 1.54) is 0 Å². The summed E-state index contributed by atoms with van der Waals surface area (Å²) in [7, 11) is -4.31. The van der Waals surface area contributed by atoms with Crippen molar-refractivity contribution < 1.29 is 32.2 Å². The van der Waals surface area contributed by atoms with E-state index in [2.05, 4.69) is 15.9 Å². The van der Waals surface area contributed by atoms with Crippen molar-refractivity contribution in [1.29, 1.82) is 0 Å². The third-order valence-corrected chi connectivity index (χ3v) is 6.28. The van der Waals surface area contributed by atoms with Gasteiger partial charge in [0.25, 0.3) is 6.43 Å². The predicted octanol–water partition coefficient (Wildman–Crippen LogP) is 1.46. The Hall–Kier alpha value is -0.620. The Morgan fingerprint density at radius 1 is 1.50 bits per heavy atom. The number of aromatic carboxylic acids is 1. The average molecular weight is 394 g/mol. The zero-order chi connectivity index (χ0) is 15.5. The van der Waals surface area contributed by atoms with E-state index in [0.717, 1.165) is 6.07 Å². The molecule has 0 atom stereocenters. The molecule has 0 aromatic carbocycles. The molecule has 2 N–H and O–H groups in total. The maximum Gasteiger partial charge on any atom is 0.345 e. The van der Waals surface area contributed by atoms with Crippen molar-refractivity contribution in [1.82, 2.24) is 4.31 Å². The minimum Gasteiger partial charge on any atom is -0.477 e. The molecule has 1 heterocycles. The van der Waals surface area contributed by atoms with E-state index >= 15 is 0 Å². The summed E-state index contributed by atoms with van der Waals surface area (Å²) in [5.41, 5.74) is 0. The zero-order valence-electron chi connectivity index (χ0n) is 9.79. The highest BCUT2D eigenvalue weighted by atomic mass is 79.9. The quantitative estimate of drug-likeness (QED) is 0.730. The lowest BCUT2D eigenvalue weighted by Gasteiger charge is -2.20. The standard InChI is InChI=1S/C9H10BrF2NO5S2/c10-8-6(3-5(19-8)9(15)16)20(17,18)13(1-2-14)4-7(11)12/h3,7,14H,1-2,4H2,(H,15,16). The highest BCUT2D eigenvalue weighted by molar-refractivity contribution is 9.11.